The van der Waals surface area contributed by atoms with Crippen LogP contribution < -0.4 is 5.32 Å². The number of rotatable bonds is 4. The summed E-state index contributed by atoms with van der Waals surface area (Å²) in [5, 5.41) is 4.95. The van der Waals surface area contributed by atoms with E-state index in [1.54, 1.807) is 6.07 Å². The molecule has 1 nitrogen and oxygen atoms in total. The standard InChI is InChI=1S/C13H16Cl3N/c14-9-13(5-1-2-6-13)17-8-10-3-4-11(15)7-12(10)16/h3-4,7,17H,1-2,5-6,8-9H2. The van der Waals surface area contributed by atoms with Gasteiger partial charge in [-0.3, -0.25) is 0 Å². The Morgan fingerprint density at radius 3 is 2.47 bits per heavy atom. The van der Waals surface area contributed by atoms with E-state index in [0.717, 1.165) is 24.9 Å². The molecule has 0 bridgehead atoms. The van der Waals surface area contributed by atoms with Gasteiger partial charge in [0.05, 0.1) is 0 Å². The maximum Gasteiger partial charge on any atom is 0.0465 e. The Bertz CT molecular complexity index is 386. The van der Waals surface area contributed by atoms with Crippen molar-refractivity contribution in [3.63, 3.8) is 0 Å². The van der Waals surface area contributed by atoms with Crippen LogP contribution >= 0.6 is 34.8 Å². The molecule has 0 radical (unpaired) electrons. The van der Waals surface area contributed by atoms with Crippen molar-refractivity contribution in [3.05, 3.63) is 33.8 Å². The largest absolute Gasteiger partial charge is 0.306 e. The Morgan fingerprint density at radius 2 is 1.88 bits per heavy atom. The molecule has 1 aliphatic rings. The van der Waals surface area contributed by atoms with Gasteiger partial charge in [-0.15, -0.1) is 11.6 Å². The number of hydrogen-bond donors (Lipinski definition) is 1. The van der Waals surface area contributed by atoms with Crippen molar-refractivity contribution in [2.45, 2.75) is 37.8 Å². The third kappa shape index (κ3) is 3.29. The first-order chi connectivity index (χ1) is 8.15. The summed E-state index contributed by atoms with van der Waals surface area (Å²) in [5.41, 5.74) is 1.18. The number of nitrogens with one attached hydrogen (secondary N) is 1. The number of halogens is 3. The SMILES string of the molecule is ClCC1(NCc2ccc(Cl)cc2Cl)CCCC1. The topological polar surface area (TPSA) is 12.0 Å². The minimum absolute atomic E-state index is 0.102. The fourth-order valence-electron chi connectivity index (χ4n) is 2.36. The molecular formula is C13H16Cl3N. The van der Waals surface area contributed by atoms with Gasteiger partial charge in [-0.2, -0.15) is 0 Å². The van der Waals surface area contributed by atoms with Crippen molar-refractivity contribution < 1.29 is 0 Å². The molecule has 0 aliphatic heterocycles. The normalized spacial score (nSPS) is 18.5. The number of hydrogen-bond acceptors (Lipinski definition) is 1. The molecule has 0 spiro atoms. The summed E-state index contributed by atoms with van der Waals surface area (Å²) in [6.45, 7) is 0.753. The van der Waals surface area contributed by atoms with Crippen LogP contribution in [0.4, 0.5) is 0 Å². The Labute approximate surface area is 117 Å². The lowest BCUT2D eigenvalue weighted by molar-refractivity contribution is 0.368. The minimum atomic E-state index is 0.102. The summed E-state index contributed by atoms with van der Waals surface area (Å²) in [6.07, 6.45) is 4.82. The van der Waals surface area contributed by atoms with E-state index in [4.69, 9.17) is 34.8 Å². The molecule has 1 aromatic carbocycles. The number of alkyl halides is 1. The van der Waals surface area contributed by atoms with Crippen LogP contribution in [0.1, 0.15) is 31.2 Å². The Kier molecular flexibility index (Phi) is 4.59. The molecule has 0 heterocycles. The molecule has 1 fully saturated rings. The van der Waals surface area contributed by atoms with Gasteiger partial charge in [-0.1, -0.05) is 42.1 Å². The molecule has 0 aromatic heterocycles. The van der Waals surface area contributed by atoms with Crippen LogP contribution in [0, 0.1) is 0 Å². The van der Waals surface area contributed by atoms with Gasteiger partial charge >= 0.3 is 0 Å². The van der Waals surface area contributed by atoms with Crippen molar-refractivity contribution in [1.29, 1.82) is 0 Å². The molecule has 1 saturated carbocycles. The maximum absolute atomic E-state index is 6.15. The van der Waals surface area contributed by atoms with Gasteiger partial charge < -0.3 is 5.32 Å². The van der Waals surface area contributed by atoms with Gasteiger partial charge in [0.15, 0.2) is 0 Å². The van der Waals surface area contributed by atoms with Crippen LogP contribution in [0.25, 0.3) is 0 Å². The molecule has 0 amide bonds. The van der Waals surface area contributed by atoms with Gasteiger partial charge in [-0.25, -0.2) is 0 Å². The molecular weight excluding hydrogens is 277 g/mol. The van der Waals surface area contributed by atoms with Crippen molar-refractivity contribution >= 4 is 34.8 Å². The fraction of sp³-hybridized carbons (Fsp3) is 0.538. The quantitative estimate of drug-likeness (QED) is 0.798. The second-order valence-corrected chi connectivity index (χ2v) is 5.82. The smallest absolute Gasteiger partial charge is 0.0465 e. The molecule has 0 unspecified atom stereocenters. The van der Waals surface area contributed by atoms with E-state index in [-0.39, 0.29) is 5.54 Å². The predicted octanol–water partition coefficient (Wildman–Crippen LogP) is 4.63. The molecule has 1 N–H and O–H groups in total. The van der Waals surface area contributed by atoms with Gasteiger partial charge in [0, 0.05) is 28.0 Å². The average Bonchev–Trinajstić information content (AvgIpc) is 2.77. The van der Waals surface area contributed by atoms with Crippen LogP contribution in [-0.4, -0.2) is 11.4 Å². The lowest BCUT2D eigenvalue weighted by Gasteiger charge is -2.28. The molecule has 1 aromatic rings. The van der Waals surface area contributed by atoms with Gasteiger partial charge in [0.25, 0.3) is 0 Å². The third-order valence-corrected chi connectivity index (χ3v) is 4.58. The van der Waals surface area contributed by atoms with Gasteiger partial charge in [0.2, 0.25) is 0 Å². The lowest BCUT2D eigenvalue weighted by Crippen LogP contribution is -2.43. The van der Waals surface area contributed by atoms with Crippen molar-refractivity contribution in [3.8, 4) is 0 Å². The van der Waals surface area contributed by atoms with Crippen LogP contribution in [0.15, 0.2) is 18.2 Å². The highest BCUT2D eigenvalue weighted by Gasteiger charge is 2.32. The second kappa shape index (κ2) is 5.79. The van der Waals surface area contributed by atoms with E-state index in [0.29, 0.717) is 15.9 Å². The first kappa shape index (κ1) is 13.5. The summed E-state index contributed by atoms with van der Waals surface area (Å²) >= 11 is 18.1. The molecule has 0 atom stereocenters. The first-order valence-electron chi connectivity index (χ1n) is 5.90. The Balaban J connectivity index is 2.01. The molecule has 0 saturated heterocycles. The van der Waals surface area contributed by atoms with Crippen molar-refractivity contribution in [2.24, 2.45) is 0 Å². The van der Waals surface area contributed by atoms with E-state index in [1.807, 2.05) is 12.1 Å². The van der Waals surface area contributed by atoms with Gasteiger partial charge in [-0.05, 0) is 30.5 Å². The first-order valence-corrected chi connectivity index (χ1v) is 7.19. The van der Waals surface area contributed by atoms with E-state index >= 15 is 0 Å². The maximum atomic E-state index is 6.15. The summed E-state index contributed by atoms with van der Waals surface area (Å²) in [6, 6.07) is 5.61. The van der Waals surface area contributed by atoms with Crippen LogP contribution in [0.5, 0.6) is 0 Å². The highest BCUT2D eigenvalue weighted by atomic mass is 35.5. The van der Waals surface area contributed by atoms with E-state index < -0.39 is 0 Å². The molecule has 4 heteroatoms. The Morgan fingerprint density at radius 1 is 1.18 bits per heavy atom. The zero-order valence-electron chi connectivity index (χ0n) is 9.61. The Hall–Kier alpha value is 0.0500. The van der Waals surface area contributed by atoms with Crippen molar-refractivity contribution in [2.75, 3.05) is 5.88 Å². The molecule has 1 aliphatic carbocycles. The summed E-state index contributed by atoms with van der Waals surface area (Å²) in [4.78, 5) is 0. The van der Waals surface area contributed by atoms with Gasteiger partial charge in [0.1, 0.15) is 0 Å². The predicted molar refractivity (Wildman–Crippen MR) is 75.2 cm³/mol. The van der Waals surface area contributed by atoms with Crippen LogP contribution in [0.3, 0.4) is 0 Å². The summed E-state index contributed by atoms with van der Waals surface area (Å²) in [5.74, 6) is 0.665. The summed E-state index contributed by atoms with van der Waals surface area (Å²) in [7, 11) is 0. The van der Waals surface area contributed by atoms with E-state index in [1.165, 1.54) is 12.8 Å². The zero-order chi connectivity index (χ0) is 12.3. The monoisotopic (exact) mass is 291 g/mol. The van der Waals surface area contributed by atoms with Crippen LogP contribution in [-0.2, 0) is 6.54 Å². The molecule has 17 heavy (non-hydrogen) atoms. The van der Waals surface area contributed by atoms with E-state index in [9.17, 15) is 0 Å². The third-order valence-electron chi connectivity index (χ3n) is 3.49. The fourth-order valence-corrected chi connectivity index (χ4v) is 3.19. The number of benzene rings is 1. The lowest BCUT2D eigenvalue weighted by atomic mass is 10.00. The molecule has 94 valence electrons. The highest BCUT2D eigenvalue weighted by Crippen LogP contribution is 2.31. The molecule has 2 rings (SSSR count). The zero-order valence-corrected chi connectivity index (χ0v) is 11.9. The average molecular weight is 293 g/mol. The summed E-state index contributed by atoms with van der Waals surface area (Å²) < 4.78 is 0. The van der Waals surface area contributed by atoms with Crippen molar-refractivity contribution in [1.82, 2.24) is 5.32 Å². The van der Waals surface area contributed by atoms with Crippen LogP contribution in [0.2, 0.25) is 10.0 Å². The highest BCUT2D eigenvalue weighted by molar-refractivity contribution is 6.35. The second-order valence-electron chi connectivity index (χ2n) is 4.71. The van der Waals surface area contributed by atoms with E-state index in [2.05, 4.69) is 5.32 Å². The minimum Gasteiger partial charge on any atom is -0.306 e.